The van der Waals surface area contributed by atoms with Crippen molar-refractivity contribution in [2.24, 2.45) is 0 Å². The minimum absolute atomic E-state index is 0.163. The molecule has 0 saturated carbocycles. The highest BCUT2D eigenvalue weighted by atomic mass is 32.2. The molecule has 9 heteroatoms. The summed E-state index contributed by atoms with van der Waals surface area (Å²) >= 11 is 0. The Hall–Kier alpha value is -2.94. The topological polar surface area (TPSA) is 86.8 Å². The van der Waals surface area contributed by atoms with Crippen molar-refractivity contribution in [1.82, 2.24) is 4.90 Å². The monoisotopic (exact) mass is 433 g/mol. The quantitative estimate of drug-likeness (QED) is 0.759. The highest BCUT2D eigenvalue weighted by Crippen LogP contribution is 2.21. The number of benzene rings is 2. The smallest absolute Gasteiger partial charge is 0.255 e. The average molecular weight is 434 g/mol. The number of anilines is 2. The minimum Gasteiger partial charge on any atom is -0.339 e. The molecule has 0 aromatic heterocycles. The second-order valence-corrected chi connectivity index (χ2v) is 9.10. The molecule has 0 unspecified atom stereocenters. The van der Waals surface area contributed by atoms with E-state index in [0.29, 0.717) is 24.3 Å². The van der Waals surface area contributed by atoms with Crippen LogP contribution < -0.4 is 9.62 Å². The van der Waals surface area contributed by atoms with Crippen LogP contribution in [0.5, 0.6) is 0 Å². The van der Waals surface area contributed by atoms with Crippen molar-refractivity contribution < 1.29 is 22.4 Å². The van der Waals surface area contributed by atoms with Gasteiger partial charge in [0.15, 0.2) is 0 Å². The molecule has 2 aromatic carbocycles. The molecular formula is C21H24FN3O4S. The lowest BCUT2D eigenvalue weighted by atomic mass is 10.1. The number of nitrogens with one attached hydrogen (secondary N) is 1. The van der Waals surface area contributed by atoms with E-state index in [1.807, 2.05) is 0 Å². The first-order chi connectivity index (χ1) is 14.3. The molecule has 7 nitrogen and oxygen atoms in total. The molecule has 0 spiro atoms. The molecule has 1 N–H and O–H groups in total. The number of nitrogens with zero attached hydrogens (tertiary/aromatic N) is 2. The van der Waals surface area contributed by atoms with Gasteiger partial charge in [-0.05, 0) is 55.7 Å². The van der Waals surface area contributed by atoms with Crippen LogP contribution in [0.3, 0.4) is 0 Å². The Morgan fingerprint density at radius 3 is 2.30 bits per heavy atom. The van der Waals surface area contributed by atoms with Crippen LogP contribution >= 0.6 is 0 Å². The maximum atomic E-state index is 13.2. The van der Waals surface area contributed by atoms with E-state index in [0.717, 1.165) is 42.0 Å². The molecule has 1 saturated heterocycles. The van der Waals surface area contributed by atoms with Crippen LogP contribution in [0.25, 0.3) is 0 Å². The maximum absolute atomic E-state index is 13.2. The van der Waals surface area contributed by atoms with Crippen LogP contribution in [-0.4, -0.2) is 51.0 Å². The van der Waals surface area contributed by atoms with E-state index in [1.54, 1.807) is 29.2 Å². The summed E-state index contributed by atoms with van der Waals surface area (Å²) in [6, 6.07) is 11.5. The number of piperidine rings is 1. The highest BCUT2D eigenvalue weighted by molar-refractivity contribution is 7.92. The lowest BCUT2D eigenvalue weighted by molar-refractivity contribution is -0.114. The van der Waals surface area contributed by atoms with Gasteiger partial charge in [-0.1, -0.05) is 12.1 Å². The van der Waals surface area contributed by atoms with Gasteiger partial charge in [0, 0.05) is 13.1 Å². The lowest BCUT2D eigenvalue weighted by Crippen LogP contribution is -2.38. The number of rotatable bonds is 6. The van der Waals surface area contributed by atoms with Crippen molar-refractivity contribution in [3.63, 3.8) is 0 Å². The van der Waals surface area contributed by atoms with E-state index in [1.165, 1.54) is 12.1 Å². The highest BCUT2D eigenvalue weighted by Gasteiger charge is 2.24. The summed E-state index contributed by atoms with van der Waals surface area (Å²) in [5.41, 5.74) is 0.859. The van der Waals surface area contributed by atoms with Gasteiger partial charge in [0.05, 0.1) is 23.2 Å². The number of sulfonamides is 1. The van der Waals surface area contributed by atoms with E-state index < -0.39 is 28.3 Å². The van der Waals surface area contributed by atoms with Crippen molar-refractivity contribution in [3.05, 3.63) is 59.9 Å². The van der Waals surface area contributed by atoms with E-state index >= 15 is 0 Å². The molecule has 0 aliphatic carbocycles. The second kappa shape index (κ2) is 9.25. The molecule has 3 rings (SSSR count). The summed E-state index contributed by atoms with van der Waals surface area (Å²) in [5, 5.41) is 2.65. The van der Waals surface area contributed by atoms with Crippen LogP contribution in [-0.2, 0) is 14.8 Å². The Bertz CT molecular complexity index is 1020. The predicted molar refractivity (Wildman–Crippen MR) is 113 cm³/mol. The van der Waals surface area contributed by atoms with Gasteiger partial charge in [-0.15, -0.1) is 0 Å². The third-order valence-electron chi connectivity index (χ3n) is 4.88. The Balaban J connectivity index is 1.78. The molecule has 1 fully saturated rings. The van der Waals surface area contributed by atoms with Crippen LogP contribution in [0, 0.1) is 5.82 Å². The zero-order valence-electron chi connectivity index (χ0n) is 16.7. The molecule has 0 radical (unpaired) electrons. The van der Waals surface area contributed by atoms with Gasteiger partial charge in [0.1, 0.15) is 12.4 Å². The molecule has 1 aliphatic heterocycles. The number of carbonyl (C=O) groups is 2. The predicted octanol–water partition coefficient (Wildman–Crippen LogP) is 2.86. The van der Waals surface area contributed by atoms with Crippen molar-refractivity contribution >= 4 is 33.2 Å². The van der Waals surface area contributed by atoms with E-state index in [4.69, 9.17) is 0 Å². The Morgan fingerprint density at radius 2 is 1.67 bits per heavy atom. The molecule has 160 valence electrons. The standard InChI is InChI=1S/C21H24FN3O4S/c1-30(28,29)25(17-11-9-16(22)10-12-17)15-20(26)23-19-8-4-3-7-18(19)21(27)24-13-5-2-6-14-24/h3-4,7-12H,2,5-6,13-15H2,1H3,(H,23,26). The van der Waals surface area contributed by atoms with Gasteiger partial charge in [-0.25, -0.2) is 12.8 Å². The third-order valence-corrected chi connectivity index (χ3v) is 6.02. The van der Waals surface area contributed by atoms with E-state index in [9.17, 15) is 22.4 Å². The number of amides is 2. The normalized spacial score (nSPS) is 14.3. The molecule has 1 heterocycles. The van der Waals surface area contributed by atoms with Crippen LogP contribution in [0.2, 0.25) is 0 Å². The van der Waals surface area contributed by atoms with Crippen molar-refractivity contribution in [2.45, 2.75) is 19.3 Å². The first kappa shape index (κ1) is 21.8. The Morgan fingerprint density at radius 1 is 1.03 bits per heavy atom. The van der Waals surface area contributed by atoms with Crippen LogP contribution in [0.1, 0.15) is 29.6 Å². The minimum atomic E-state index is -3.79. The number of carbonyl (C=O) groups excluding carboxylic acids is 2. The first-order valence-electron chi connectivity index (χ1n) is 9.67. The summed E-state index contributed by atoms with van der Waals surface area (Å²) in [6.45, 7) is 0.845. The zero-order valence-corrected chi connectivity index (χ0v) is 17.5. The number of hydrogen-bond acceptors (Lipinski definition) is 4. The van der Waals surface area contributed by atoms with Gasteiger partial charge in [-0.3, -0.25) is 13.9 Å². The maximum Gasteiger partial charge on any atom is 0.255 e. The molecule has 0 atom stereocenters. The fourth-order valence-corrected chi connectivity index (χ4v) is 4.23. The van der Waals surface area contributed by atoms with Crippen molar-refractivity contribution in [2.75, 3.05) is 35.5 Å². The summed E-state index contributed by atoms with van der Waals surface area (Å²) in [7, 11) is -3.79. The average Bonchev–Trinajstić information content (AvgIpc) is 2.72. The largest absolute Gasteiger partial charge is 0.339 e. The van der Waals surface area contributed by atoms with Gasteiger partial charge >= 0.3 is 0 Å². The Labute approximate surface area is 175 Å². The summed E-state index contributed by atoms with van der Waals surface area (Å²) in [6.07, 6.45) is 3.95. The fraction of sp³-hybridized carbons (Fsp3) is 0.333. The first-order valence-corrected chi connectivity index (χ1v) is 11.5. The zero-order chi connectivity index (χ0) is 21.7. The molecule has 30 heavy (non-hydrogen) atoms. The molecule has 0 bridgehead atoms. The van der Waals surface area contributed by atoms with Crippen LogP contribution in [0.15, 0.2) is 48.5 Å². The summed E-state index contributed by atoms with van der Waals surface area (Å²) in [4.78, 5) is 27.3. The molecule has 1 aliphatic rings. The number of hydrogen-bond donors (Lipinski definition) is 1. The third kappa shape index (κ3) is 5.35. The fourth-order valence-electron chi connectivity index (χ4n) is 3.37. The number of para-hydroxylation sites is 1. The second-order valence-electron chi connectivity index (χ2n) is 7.19. The van der Waals surface area contributed by atoms with Gasteiger partial charge in [-0.2, -0.15) is 0 Å². The Kier molecular flexibility index (Phi) is 6.71. The van der Waals surface area contributed by atoms with Gasteiger partial charge < -0.3 is 10.2 Å². The SMILES string of the molecule is CS(=O)(=O)N(CC(=O)Nc1ccccc1C(=O)N1CCCCC1)c1ccc(F)cc1. The number of likely N-dealkylation sites (tertiary alicyclic amines) is 1. The van der Waals surface area contributed by atoms with Crippen LogP contribution in [0.4, 0.5) is 15.8 Å². The van der Waals surface area contributed by atoms with E-state index in [-0.39, 0.29) is 11.6 Å². The van der Waals surface area contributed by atoms with E-state index in [2.05, 4.69) is 5.32 Å². The summed E-state index contributed by atoms with van der Waals surface area (Å²) in [5.74, 6) is -1.28. The molecule has 2 amide bonds. The van der Waals surface area contributed by atoms with Gasteiger partial charge in [0.25, 0.3) is 5.91 Å². The lowest BCUT2D eigenvalue weighted by Gasteiger charge is -2.27. The summed E-state index contributed by atoms with van der Waals surface area (Å²) < 4.78 is 38.4. The molecular weight excluding hydrogens is 409 g/mol. The number of halogens is 1. The molecule has 2 aromatic rings. The van der Waals surface area contributed by atoms with Crippen molar-refractivity contribution in [3.8, 4) is 0 Å². The van der Waals surface area contributed by atoms with Gasteiger partial charge in [0.2, 0.25) is 15.9 Å². The van der Waals surface area contributed by atoms with Crippen molar-refractivity contribution in [1.29, 1.82) is 0 Å².